The minimum atomic E-state index is -3.24. The van der Waals surface area contributed by atoms with Gasteiger partial charge in [-0.2, -0.15) is 0 Å². The number of anilines is 1. The van der Waals surface area contributed by atoms with E-state index in [1.165, 1.54) is 0 Å². The van der Waals surface area contributed by atoms with E-state index in [0.29, 0.717) is 11.4 Å². The molecule has 17 heavy (non-hydrogen) atoms. The van der Waals surface area contributed by atoms with Crippen molar-refractivity contribution in [2.24, 2.45) is 0 Å². The molecule has 0 radical (unpaired) electrons. The molecule has 1 aromatic rings. The number of hydrogen-bond acceptors (Lipinski definition) is 4. The minimum Gasteiger partial charge on any atom is -0.380 e. The van der Waals surface area contributed by atoms with Crippen LogP contribution in [0.15, 0.2) is 23.1 Å². The first-order chi connectivity index (χ1) is 7.98. The zero-order chi connectivity index (χ0) is 12.6. The average molecular weight is 254 g/mol. The number of fused-ring (bicyclic) bond motifs is 1. The van der Waals surface area contributed by atoms with E-state index in [4.69, 9.17) is 0 Å². The van der Waals surface area contributed by atoms with Crippen molar-refractivity contribution < 1.29 is 8.42 Å². The van der Waals surface area contributed by atoms with Crippen LogP contribution >= 0.6 is 0 Å². The maximum atomic E-state index is 12.5. The Morgan fingerprint density at radius 2 is 2.12 bits per heavy atom. The van der Waals surface area contributed by atoms with E-state index in [1.54, 1.807) is 19.2 Å². The van der Waals surface area contributed by atoms with E-state index >= 15 is 0 Å². The molecule has 2 atom stereocenters. The Morgan fingerprint density at radius 3 is 2.76 bits per heavy atom. The van der Waals surface area contributed by atoms with Crippen LogP contribution in [0.3, 0.4) is 0 Å². The van der Waals surface area contributed by atoms with Crippen LogP contribution < -0.4 is 10.6 Å². The fourth-order valence-electron chi connectivity index (χ4n) is 2.30. The van der Waals surface area contributed by atoms with Gasteiger partial charge in [0.2, 0.25) is 0 Å². The first-order valence-corrected chi connectivity index (χ1v) is 7.27. The molecule has 0 fully saturated rings. The van der Waals surface area contributed by atoms with Crippen molar-refractivity contribution in [2.75, 3.05) is 18.9 Å². The summed E-state index contributed by atoms with van der Waals surface area (Å²) in [5, 5.41) is 5.83. The fourth-order valence-corrected chi connectivity index (χ4v) is 4.39. The van der Waals surface area contributed by atoms with Gasteiger partial charge in [-0.25, -0.2) is 8.42 Å². The summed E-state index contributed by atoms with van der Waals surface area (Å²) >= 11 is 0. The van der Waals surface area contributed by atoms with Gasteiger partial charge in [-0.1, -0.05) is 12.1 Å². The molecule has 1 heterocycles. The predicted molar refractivity (Wildman–Crippen MR) is 69.2 cm³/mol. The lowest BCUT2D eigenvalue weighted by Gasteiger charge is -2.33. The highest BCUT2D eigenvalue weighted by Crippen LogP contribution is 2.34. The number of benzene rings is 1. The topological polar surface area (TPSA) is 58.2 Å². The summed E-state index contributed by atoms with van der Waals surface area (Å²) in [4.78, 5) is 0.427. The van der Waals surface area contributed by atoms with E-state index in [0.717, 1.165) is 11.3 Å². The van der Waals surface area contributed by atoms with E-state index < -0.39 is 15.1 Å². The fraction of sp³-hybridized carbons (Fsp3) is 0.500. The third-order valence-electron chi connectivity index (χ3n) is 3.27. The summed E-state index contributed by atoms with van der Waals surface area (Å²) in [5.74, 6) is 0. The molecule has 1 aliphatic heterocycles. The molecule has 0 aliphatic carbocycles. The molecule has 1 aliphatic rings. The Morgan fingerprint density at radius 1 is 1.41 bits per heavy atom. The van der Waals surface area contributed by atoms with Gasteiger partial charge in [0, 0.05) is 12.6 Å². The van der Waals surface area contributed by atoms with Gasteiger partial charge in [-0.3, -0.25) is 0 Å². The Bertz CT molecular complexity index is 525. The number of hydrogen-bond donors (Lipinski definition) is 2. The van der Waals surface area contributed by atoms with Crippen LogP contribution in [-0.4, -0.2) is 33.3 Å². The summed E-state index contributed by atoms with van der Waals surface area (Å²) in [7, 11) is -1.47. The molecule has 94 valence electrons. The normalized spacial score (nSPS) is 26.1. The van der Waals surface area contributed by atoms with Gasteiger partial charge in [0.25, 0.3) is 0 Å². The lowest BCUT2D eigenvalue weighted by atomic mass is 10.1. The van der Waals surface area contributed by atoms with Gasteiger partial charge >= 0.3 is 0 Å². The van der Waals surface area contributed by atoms with Gasteiger partial charge in [-0.15, -0.1) is 0 Å². The van der Waals surface area contributed by atoms with Crippen molar-refractivity contribution in [3.63, 3.8) is 0 Å². The summed E-state index contributed by atoms with van der Waals surface area (Å²) < 4.78 is 25.0. The second-order valence-corrected chi connectivity index (χ2v) is 6.66. The molecule has 5 heteroatoms. The molecule has 0 saturated heterocycles. The minimum absolute atomic E-state index is 0.0824. The molecular formula is C12H18N2O2S. The van der Waals surface area contributed by atoms with E-state index in [-0.39, 0.29) is 6.04 Å². The third-order valence-corrected chi connectivity index (χ3v) is 5.60. The van der Waals surface area contributed by atoms with Gasteiger partial charge in [-0.05, 0) is 32.5 Å². The molecule has 4 nitrogen and oxygen atoms in total. The Labute approximate surface area is 102 Å². The molecule has 2 N–H and O–H groups in total. The molecule has 1 aromatic carbocycles. The lowest BCUT2D eigenvalue weighted by molar-refractivity contribution is 0.549. The van der Waals surface area contributed by atoms with Crippen molar-refractivity contribution >= 4 is 15.5 Å². The second-order valence-electron chi connectivity index (χ2n) is 4.52. The van der Waals surface area contributed by atoms with Crippen LogP contribution in [0.4, 0.5) is 5.69 Å². The van der Waals surface area contributed by atoms with Crippen molar-refractivity contribution in [2.45, 2.75) is 30.0 Å². The zero-order valence-electron chi connectivity index (χ0n) is 10.3. The third kappa shape index (κ3) is 1.93. The smallest absolute Gasteiger partial charge is 0.186 e. The van der Waals surface area contributed by atoms with Crippen LogP contribution in [-0.2, 0) is 9.84 Å². The van der Waals surface area contributed by atoms with Crippen molar-refractivity contribution in [3.05, 3.63) is 23.8 Å². The number of para-hydroxylation sites is 1. The standard InChI is InChI=1S/C12H18N2O2S/c1-8-5-4-6-10-12(8)14-9(2)11(7-13-3)17(10,15)16/h4-6,9,11,13-14H,7H2,1-3H3. The van der Waals surface area contributed by atoms with Gasteiger partial charge in [0.1, 0.15) is 0 Å². The Hall–Kier alpha value is -1.07. The maximum absolute atomic E-state index is 12.5. The van der Waals surface area contributed by atoms with E-state index in [9.17, 15) is 8.42 Å². The van der Waals surface area contributed by atoms with Gasteiger partial charge < -0.3 is 10.6 Å². The van der Waals surface area contributed by atoms with Crippen molar-refractivity contribution in [1.29, 1.82) is 0 Å². The van der Waals surface area contributed by atoms with E-state index in [1.807, 2.05) is 19.9 Å². The van der Waals surface area contributed by atoms with E-state index in [2.05, 4.69) is 10.6 Å². The first-order valence-electron chi connectivity index (χ1n) is 5.73. The predicted octanol–water partition coefficient (Wildman–Crippen LogP) is 1.17. The first kappa shape index (κ1) is 12.4. The monoisotopic (exact) mass is 254 g/mol. The quantitative estimate of drug-likeness (QED) is 0.832. The number of nitrogens with one attached hydrogen (secondary N) is 2. The molecule has 0 saturated carbocycles. The molecule has 0 bridgehead atoms. The Kier molecular flexibility index (Phi) is 3.14. The number of sulfone groups is 1. The van der Waals surface area contributed by atoms with Crippen LogP contribution in [0, 0.1) is 6.92 Å². The van der Waals surface area contributed by atoms with Crippen molar-refractivity contribution in [1.82, 2.24) is 5.32 Å². The molecule has 2 unspecified atom stereocenters. The molecule has 0 amide bonds. The Balaban J connectivity index is 2.58. The summed E-state index contributed by atoms with van der Waals surface area (Å²) in [6.07, 6.45) is 0. The SMILES string of the molecule is CNCC1C(C)Nc2c(C)cccc2S1(=O)=O. The maximum Gasteiger partial charge on any atom is 0.186 e. The number of aryl methyl sites for hydroxylation is 1. The van der Waals surface area contributed by atoms with Crippen LogP contribution in [0.5, 0.6) is 0 Å². The average Bonchev–Trinajstić information content (AvgIpc) is 2.26. The zero-order valence-corrected chi connectivity index (χ0v) is 11.1. The van der Waals surface area contributed by atoms with Crippen molar-refractivity contribution in [3.8, 4) is 0 Å². The van der Waals surface area contributed by atoms with Gasteiger partial charge in [0.15, 0.2) is 9.84 Å². The van der Waals surface area contributed by atoms with Crippen LogP contribution in [0.2, 0.25) is 0 Å². The van der Waals surface area contributed by atoms with Crippen LogP contribution in [0.1, 0.15) is 12.5 Å². The summed E-state index contributed by atoms with van der Waals surface area (Å²) in [6, 6.07) is 5.31. The molecule has 0 aromatic heterocycles. The highest BCUT2D eigenvalue weighted by molar-refractivity contribution is 7.92. The highest BCUT2D eigenvalue weighted by Gasteiger charge is 2.38. The summed E-state index contributed by atoms with van der Waals surface area (Å²) in [5.41, 5.74) is 1.73. The summed E-state index contributed by atoms with van der Waals surface area (Å²) in [6.45, 7) is 4.30. The largest absolute Gasteiger partial charge is 0.380 e. The second kappa shape index (κ2) is 4.31. The van der Waals surface area contributed by atoms with Crippen LogP contribution in [0.25, 0.3) is 0 Å². The molecule has 2 rings (SSSR count). The molecule has 0 spiro atoms. The lowest BCUT2D eigenvalue weighted by Crippen LogP contribution is -2.47. The molecular weight excluding hydrogens is 236 g/mol. The highest BCUT2D eigenvalue weighted by atomic mass is 32.2. The van der Waals surface area contributed by atoms with Gasteiger partial charge in [0.05, 0.1) is 15.8 Å². The number of rotatable bonds is 2.